The Morgan fingerprint density at radius 2 is 2.10 bits per heavy atom. The smallest absolute Gasteiger partial charge is 0.243 e. The van der Waals surface area contributed by atoms with Crippen molar-refractivity contribution in [3.63, 3.8) is 0 Å². The van der Waals surface area contributed by atoms with Crippen LogP contribution in [0.4, 0.5) is 0 Å². The van der Waals surface area contributed by atoms with Crippen molar-refractivity contribution in [3.05, 3.63) is 71.0 Å². The summed E-state index contributed by atoms with van der Waals surface area (Å²) in [6, 6.07) is 12.7. The van der Waals surface area contributed by atoms with E-state index in [1.165, 1.54) is 0 Å². The first-order chi connectivity index (χ1) is 18.9. The highest BCUT2D eigenvalue weighted by Gasteiger charge is 2.27. The standard InChI is InChI=1S/C28H29N6O4P/c29-11-20-9-22(2-5-26(20)39)34-15-18(12-31-34)14-33-8-7-24(16-33)38-23-3-1-19(17-35)21(10-23)13-30-25-4-6-27(36)32-28(25)37/h1-3,5,9-10,12,15,17,24-25,30H,4,6-8,13-14,16,39H2,(H,32,36,37)/t24-,25?/m0/s1. The van der Waals surface area contributed by atoms with Crippen LogP contribution in [-0.2, 0) is 22.7 Å². The van der Waals surface area contributed by atoms with Crippen LogP contribution in [0.25, 0.3) is 5.69 Å². The average Bonchev–Trinajstić information content (AvgIpc) is 3.58. The molecule has 0 aliphatic carbocycles. The lowest BCUT2D eigenvalue weighted by Crippen LogP contribution is -2.50. The minimum atomic E-state index is -0.474. The van der Waals surface area contributed by atoms with Gasteiger partial charge in [0.2, 0.25) is 11.8 Å². The number of rotatable bonds is 9. The second kappa shape index (κ2) is 11.9. The highest BCUT2D eigenvalue weighted by molar-refractivity contribution is 7.27. The van der Waals surface area contributed by atoms with Gasteiger partial charge in [-0.25, -0.2) is 4.68 Å². The van der Waals surface area contributed by atoms with Crippen LogP contribution in [0.2, 0.25) is 0 Å². The van der Waals surface area contributed by atoms with Crippen molar-refractivity contribution >= 4 is 32.6 Å². The topological polar surface area (TPSA) is 129 Å². The number of nitrogens with zero attached hydrogens (tertiary/aromatic N) is 4. The van der Waals surface area contributed by atoms with E-state index in [9.17, 15) is 19.6 Å². The molecule has 11 heteroatoms. The van der Waals surface area contributed by atoms with Gasteiger partial charge >= 0.3 is 0 Å². The third-order valence-electron chi connectivity index (χ3n) is 7.02. The number of carbonyl (C=O) groups is 3. The van der Waals surface area contributed by atoms with E-state index in [1.807, 2.05) is 36.7 Å². The summed E-state index contributed by atoms with van der Waals surface area (Å²) >= 11 is 0. The second-order valence-electron chi connectivity index (χ2n) is 9.80. The average molecular weight is 545 g/mol. The number of carbonyl (C=O) groups excluding carboxylic acids is 3. The zero-order valence-electron chi connectivity index (χ0n) is 21.3. The zero-order valence-corrected chi connectivity index (χ0v) is 22.5. The minimum absolute atomic E-state index is 0.00542. The Hall–Kier alpha value is -3.90. The normalized spacial score (nSPS) is 19.5. The maximum Gasteiger partial charge on any atom is 0.243 e. The van der Waals surface area contributed by atoms with E-state index in [-0.39, 0.29) is 17.9 Å². The molecule has 2 fully saturated rings. The molecule has 10 nitrogen and oxygen atoms in total. The van der Waals surface area contributed by atoms with Gasteiger partial charge in [0.15, 0.2) is 0 Å². The van der Waals surface area contributed by atoms with E-state index in [1.54, 1.807) is 16.8 Å². The number of hydrogen-bond donors (Lipinski definition) is 2. The predicted octanol–water partition coefficient (Wildman–Crippen LogP) is 1.60. The van der Waals surface area contributed by atoms with E-state index >= 15 is 0 Å². The first kappa shape index (κ1) is 26.7. The number of nitriles is 1. The molecule has 3 atom stereocenters. The molecule has 2 unspecified atom stereocenters. The Balaban J connectivity index is 1.17. The van der Waals surface area contributed by atoms with Crippen LogP contribution in [0.5, 0.6) is 5.75 Å². The number of aromatic nitrogens is 2. The van der Waals surface area contributed by atoms with Crippen LogP contribution in [0, 0.1) is 11.3 Å². The second-order valence-corrected chi connectivity index (χ2v) is 10.4. The maximum absolute atomic E-state index is 12.0. The molecule has 200 valence electrons. The lowest BCUT2D eigenvalue weighted by molar-refractivity contribution is -0.134. The lowest BCUT2D eigenvalue weighted by atomic mass is 10.0. The number of likely N-dealkylation sites (tertiary alicyclic amines) is 1. The maximum atomic E-state index is 12.0. The molecule has 0 radical (unpaired) electrons. The van der Waals surface area contributed by atoms with E-state index in [0.717, 1.165) is 54.5 Å². The number of nitrogens with one attached hydrogen (secondary N) is 2. The number of imide groups is 1. The summed E-state index contributed by atoms with van der Waals surface area (Å²) in [7, 11) is 2.57. The van der Waals surface area contributed by atoms with E-state index < -0.39 is 6.04 Å². The highest BCUT2D eigenvalue weighted by Crippen LogP contribution is 2.23. The first-order valence-corrected chi connectivity index (χ1v) is 13.4. The summed E-state index contributed by atoms with van der Waals surface area (Å²) in [6.07, 6.45) is 6.21. The van der Waals surface area contributed by atoms with Crippen LogP contribution in [0.1, 0.15) is 46.3 Å². The first-order valence-electron chi connectivity index (χ1n) is 12.8. The molecule has 0 bridgehead atoms. The molecule has 1 aromatic heterocycles. The Kier molecular flexibility index (Phi) is 8.13. The summed E-state index contributed by atoms with van der Waals surface area (Å²) in [5.74, 6) is 0.0696. The van der Waals surface area contributed by atoms with Crippen molar-refractivity contribution < 1.29 is 19.1 Å². The van der Waals surface area contributed by atoms with Crippen LogP contribution in [0.15, 0.2) is 48.8 Å². The summed E-state index contributed by atoms with van der Waals surface area (Å²) in [5, 5.41) is 20.1. The Morgan fingerprint density at radius 3 is 2.90 bits per heavy atom. The zero-order chi connectivity index (χ0) is 27.4. The van der Waals surface area contributed by atoms with Crippen molar-refractivity contribution in [2.45, 2.75) is 44.5 Å². The molecular formula is C28H29N6O4P. The Bertz CT molecular complexity index is 1450. The van der Waals surface area contributed by atoms with Crippen molar-refractivity contribution in [2.24, 2.45) is 0 Å². The van der Waals surface area contributed by atoms with Crippen LogP contribution in [0.3, 0.4) is 0 Å². The summed E-state index contributed by atoms with van der Waals surface area (Å²) in [5.41, 5.74) is 3.78. The number of aldehydes is 1. The molecule has 2 saturated heterocycles. The van der Waals surface area contributed by atoms with Crippen LogP contribution < -0.4 is 20.7 Å². The highest BCUT2D eigenvalue weighted by atomic mass is 31.0. The van der Waals surface area contributed by atoms with Gasteiger partial charge in [0.25, 0.3) is 0 Å². The third-order valence-corrected chi connectivity index (χ3v) is 7.52. The van der Waals surface area contributed by atoms with Gasteiger partial charge in [0.05, 0.1) is 29.6 Å². The van der Waals surface area contributed by atoms with E-state index in [0.29, 0.717) is 36.3 Å². The number of ether oxygens (including phenoxy) is 1. The third kappa shape index (κ3) is 6.40. The van der Waals surface area contributed by atoms with Gasteiger partial charge in [0.1, 0.15) is 18.1 Å². The van der Waals surface area contributed by atoms with Gasteiger partial charge in [-0.05, 0) is 54.0 Å². The summed E-state index contributed by atoms with van der Waals surface area (Å²) < 4.78 is 8.04. The van der Waals surface area contributed by atoms with Crippen molar-refractivity contribution in [3.8, 4) is 17.5 Å². The number of hydrogen-bond acceptors (Lipinski definition) is 8. The fourth-order valence-corrected chi connectivity index (χ4v) is 5.14. The number of amides is 2. The summed E-state index contributed by atoms with van der Waals surface area (Å²) in [6.45, 7) is 2.68. The fraction of sp³-hybridized carbons (Fsp3) is 0.321. The minimum Gasteiger partial charge on any atom is -0.489 e. The molecule has 2 N–H and O–H groups in total. The van der Waals surface area contributed by atoms with Crippen LogP contribution in [-0.4, -0.2) is 58.0 Å². The SMILES string of the molecule is N#Cc1cc(-n2cc(CN3CC[C@H](Oc4ccc(C=O)c(CNC5CCC(=O)NC5=O)c4)C3)cn2)ccc1P. The van der Waals surface area contributed by atoms with Crippen molar-refractivity contribution in [2.75, 3.05) is 13.1 Å². The van der Waals surface area contributed by atoms with E-state index in [2.05, 4.69) is 35.9 Å². The van der Waals surface area contributed by atoms with Gasteiger partial charge in [-0.15, -0.1) is 9.24 Å². The molecule has 2 aliphatic heterocycles. The van der Waals surface area contributed by atoms with Gasteiger partial charge in [-0.3, -0.25) is 24.6 Å². The van der Waals surface area contributed by atoms with Crippen molar-refractivity contribution in [1.29, 1.82) is 5.26 Å². The fourth-order valence-electron chi connectivity index (χ4n) is 4.90. The molecule has 39 heavy (non-hydrogen) atoms. The monoisotopic (exact) mass is 544 g/mol. The van der Waals surface area contributed by atoms with Gasteiger partial charge in [-0.2, -0.15) is 10.4 Å². The van der Waals surface area contributed by atoms with Crippen molar-refractivity contribution in [1.82, 2.24) is 25.3 Å². The summed E-state index contributed by atoms with van der Waals surface area (Å²) in [4.78, 5) is 37.3. The van der Waals surface area contributed by atoms with Crippen LogP contribution >= 0.6 is 9.24 Å². The lowest BCUT2D eigenvalue weighted by Gasteiger charge is -2.22. The largest absolute Gasteiger partial charge is 0.489 e. The molecular weight excluding hydrogens is 515 g/mol. The molecule has 3 heterocycles. The molecule has 0 spiro atoms. The number of benzene rings is 2. The van der Waals surface area contributed by atoms with Gasteiger partial charge in [0, 0.05) is 49.9 Å². The molecule has 0 saturated carbocycles. The molecule has 2 aliphatic rings. The van der Waals surface area contributed by atoms with E-state index in [4.69, 9.17) is 4.74 Å². The molecule has 5 rings (SSSR count). The number of piperidine rings is 1. The Labute approximate surface area is 228 Å². The molecule has 2 aromatic carbocycles. The Morgan fingerprint density at radius 1 is 1.23 bits per heavy atom. The van der Waals surface area contributed by atoms with Gasteiger partial charge in [-0.1, -0.05) is 6.07 Å². The quantitative estimate of drug-likeness (QED) is 0.236. The predicted molar refractivity (Wildman–Crippen MR) is 147 cm³/mol. The van der Waals surface area contributed by atoms with Gasteiger partial charge < -0.3 is 10.1 Å². The molecule has 2 amide bonds. The molecule has 3 aromatic rings.